The molecule has 0 fully saturated rings. The largest absolute Gasteiger partial charge is 0.493 e. The molecule has 1 amide bonds. The van der Waals surface area contributed by atoms with E-state index in [2.05, 4.69) is 13.0 Å². The van der Waals surface area contributed by atoms with Gasteiger partial charge in [-0.2, -0.15) is 0 Å². The molecule has 0 radical (unpaired) electrons. The van der Waals surface area contributed by atoms with Crippen LogP contribution >= 0.6 is 11.3 Å². The maximum absolute atomic E-state index is 13.3. The Kier molecular flexibility index (Phi) is 6.18. The number of methoxy groups -OCH3 is 2. The van der Waals surface area contributed by atoms with Gasteiger partial charge in [0.2, 0.25) is 0 Å². The second-order valence-corrected chi connectivity index (χ2v) is 8.68. The SMILES string of the molecule is COc1cc2c(cc1OC)[C@H](c1cccs1)N(C(=O)COc1ccc(C)c(C)c1)CC2. The number of aryl methyl sites for hydroxylation is 2. The number of rotatable bonds is 6. The Morgan fingerprint density at radius 3 is 2.52 bits per heavy atom. The molecule has 2 heterocycles. The molecular weight excluding hydrogens is 410 g/mol. The van der Waals surface area contributed by atoms with Gasteiger partial charge in [0.1, 0.15) is 5.75 Å². The molecule has 3 aromatic rings. The van der Waals surface area contributed by atoms with E-state index in [0.29, 0.717) is 23.8 Å². The van der Waals surface area contributed by atoms with Gasteiger partial charge < -0.3 is 19.1 Å². The second-order valence-electron chi connectivity index (χ2n) is 7.70. The van der Waals surface area contributed by atoms with Gasteiger partial charge in [0, 0.05) is 11.4 Å². The highest BCUT2D eigenvalue weighted by Gasteiger charge is 2.34. The van der Waals surface area contributed by atoms with Crippen LogP contribution in [0.2, 0.25) is 0 Å². The minimum Gasteiger partial charge on any atom is -0.493 e. The third kappa shape index (κ3) is 4.26. The number of amides is 1. The zero-order valence-corrected chi connectivity index (χ0v) is 19.1. The Morgan fingerprint density at radius 2 is 1.84 bits per heavy atom. The molecule has 0 N–H and O–H groups in total. The molecule has 1 aliphatic rings. The summed E-state index contributed by atoms with van der Waals surface area (Å²) in [6.07, 6.45) is 0.757. The van der Waals surface area contributed by atoms with Gasteiger partial charge in [0.05, 0.1) is 20.3 Å². The highest BCUT2D eigenvalue weighted by Crippen LogP contribution is 2.42. The van der Waals surface area contributed by atoms with E-state index in [1.54, 1.807) is 25.6 Å². The molecule has 162 valence electrons. The minimum atomic E-state index is -0.167. The summed E-state index contributed by atoms with van der Waals surface area (Å²) in [5.41, 5.74) is 4.60. The lowest BCUT2D eigenvalue weighted by atomic mass is 9.90. The lowest BCUT2D eigenvalue weighted by Crippen LogP contribution is -2.42. The molecule has 0 bridgehead atoms. The summed E-state index contributed by atoms with van der Waals surface area (Å²) < 4.78 is 16.9. The van der Waals surface area contributed by atoms with Crippen molar-refractivity contribution in [3.8, 4) is 17.2 Å². The lowest BCUT2D eigenvalue weighted by Gasteiger charge is -2.37. The van der Waals surface area contributed by atoms with Crippen LogP contribution in [0, 0.1) is 13.8 Å². The van der Waals surface area contributed by atoms with E-state index in [1.165, 1.54) is 11.1 Å². The average molecular weight is 438 g/mol. The Labute approximate surface area is 187 Å². The van der Waals surface area contributed by atoms with Crippen LogP contribution in [0.4, 0.5) is 0 Å². The highest BCUT2D eigenvalue weighted by molar-refractivity contribution is 7.10. The zero-order chi connectivity index (χ0) is 22.0. The standard InChI is InChI=1S/C25H27NO4S/c1-16-7-8-19(12-17(16)2)30-15-24(27)26-10-9-18-13-21(28-3)22(29-4)14-20(18)25(26)23-6-5-11-31-23/h5-8,11-14,25H,9-10,15H2,1-4H3/t25-/m1/s1. The van der Waals surface area contributed by atoms with E-state index < -0.39 is 0 Å². The number of benzene rings is 2. The summed E-state index contributed by atoms with van der Waals surface area (Å²) in [4.78, 5) is 16.3. The van der Waals surface area contributed by atoms with E-state index in [0.717, 1.165) is 22.4 Å². The molecule has 1 atom stereocenters. The van der Waals surface area contributed by atoms with Crippen molar-refractivity contribution in [2.24, 2.45) is 0 Å². The number of hydrogen-bond donors (Lipinski definition) is 0. The number of thiophene rings is 1. The smallest absolute Gasteiger partial charge is 0.261 e. The lowest BCUT2D eigenvalue weighted by molar-refractivity contribution is -0.135. The zero-order valence-electron chi connectivity index (χ0n) is 18.3. The van der Waals surface area contributed by atoms with Gasteiger partial charge in [0.25, 0.3) is 5.91 Å². The predicted molar refractivity (Wildman–Crippen MR) is 123 cm³/mol. The van der Waals surface area contributed by atoms with Crippen molar-refractivity contribution in [2.45, 2.75) is 26.3 Å². The van der Waals surface area contributed by atoms with Crippen molar-refractivity contribution in [1.29, 1.82) is 0 Å². The molecule has 0 spiro atoms. The number of carbonyl (C=O) groups is 1. The summed E-state index contributed by atoms with van der Waals surface area (Å²) in [6, 6.07) is 13.9. The van der Waals surface area contributed by atoms with Gasteiger partial charge in [-0.1, -0.05) is 12.1 Å². The van der Waals surface area contributed by atoms with Crippen LogP contribution in [0.25, 0.3) is 0 Å². The number of hydrogen-bond acceptors (Lipinski definition) is 5. The summed E-state index contributed by atoms with van der Waals surface area (Å²) in [7, 11) is 3.28. The molecule has 2 aromatic carbocycles. The first-order valence-corrected chi connectivity index (χ1v) is 11.2. The summed E-state index contributed by atoms with van der Waals surface area (Å²) >= 11 is 1.65. The highest BCUT2D eigenvalue weighted by atomic mass is 32.1. The molecule has 4 rings (SSSR count). The first-order valence-electron chi connectivity index (χ1n) is 10.3. The molecule has 0 saturated heterocycles. The predicted octanol–water partition coefficient (Wildman–Crippen LogP) is 4.94. The number of fused-ring (bicyclic) bond motifs is 1. The number of ether oxygens (including phenoxy) is 3. The van der Waals surface area contributed by atoms with Crippen LogP contribution in [-0.2, 0) is 11.2 Å². The first kappa shape index (κ1) is 21.2. The maximum Gasteiger partial charge on any atom is 0.261 e. The third-order valence-corrected chi connectivity index (χ3v) is 6.77. The molecular formula is C25H27NO4S. The molecule has 6 heteroatoms. The average Bonchev–Trinajstić information content (AvgIpc) is 3.32. The first-order chi connectivity index (χ1) is 15.0. The van der Waals surface area contributed by atoms with Crippen molar-refractivity contribution in [2.75, 3.05) is 27.4 Å². The van der Waals surface area contributed by atoms with Crippen LogP contribution in [-0.4, -0.2) is 38.2 Å². The molecule has 0 unspecified atom stereocenters. The summed E-state index contributed by atoms with van der Waals surface area (Å²) in [6.45, 7) is 4.73. The van der Waals surface area contributed by atoms with E-state index in [4.69, 9.17) is 14.2 Å². The van der Waals surface area contributed by atoms with Gasteiger partial charge in [-0.3, -0.25) is 4.79 Å². The van der Waals surface area contributed by atoms with Crippen molar-refractivity contribution in [3.63, 3.8) is 0 Å². The van der Waals surface area contributed by atoms with Crippen LogP contribution in [0.5, 0.6) is 17.2 Å². The fourth-order valence-electron chi connectivity index (χ4n) is 4.00. The number of nitrogens with zero attached hydrogens (tertiary/aromatic N) is 1. The number of carbonyl (C=O) groups excluding carboxylic acids is 1. The van der Waals surface area contributed by atoms with Crippen LogP contribution in [0.1, 0.15) is 33.2 Å². The maximum atomic E-state index is 13.3. The minimum absolute atomic E-state index is 0.00694. The van der Waals surface area contributed by atoms with Crippen LogP contribution in [0.3, 0.4) is 0 Å². The fraction of sp³-hybridized carbons (Fsp3) is 0.320. The Balaban J connectivity index is 1.63. The van der Waals surface area contributed by atoms with E-state index in [1.807, 2.05) is 53.6 Å². The molecule has 31 heavy (non-hydrogen) atoms. The van der Waals surface area contributed by atoms with E-state index >= 15 is 0 Å². The van der Waals surface area contributed by atoms with E-state index in [-0.39, 0.29) is 18.6 Å². The molecule has 0 aliphatic carbocycles. The van der Waals surface area contributed by atoms with E-state index in [9.17, 15) is 4.79 Å². The van der Waals surface area contributed by atoms with Gasteiger partial charge in [-0.05, 0) is 78.2 Å². The molecule has 1 aliphatic heterocycles. The fourth-order valence-corrected chi connectivity index (χ4v) is 4.85. The second kappa shape index (κ2) is 9.02. The van der Waals surface area contributed by atoms with Crippen molar-refractivity contribution < 1.29 is 19.0 Å². The van der Waals surface area contributed by atoms with Gasteiger partial charge in [-0.25, -0.2) is 0 Å². The van der Waals surface area contributed by atoms with Crippen LogP contribution in [0.15, 0.2) is 47.8 Å². The Morgan fingerprint density at radius 1 is 1.06 bits per heavy atom. The van der Waals surface area contributed by atoms with Gasteiger partial charge in [0.15, 0.2) is 18.1 Å². The van der Waals surface area contributed by atoms with Crippen molar-refractivity contribution in [3.05, 3.63) is 75.0 Å². The normalized spacial score (nSPS) is 15.4. The summed E-state index contributed by atoms with van der Waals surface area (Å²) in [5, 5.41) is 2.04. The van der Waals surface area contributed by atoms with Crippen molar-refractivity contribution >= 4 is 17.2 Å². The van der Waals surface area contributed by atoms with Crippen molar-refractivity contribution in [1.82, 2.24) is 4.90 Å². The monoisotopic (exact) mass is 437 g/mol. The third-order valence-electron chi connectivity index (χ3n) is 5.85. The Hall–Kier alpha value is -2.99. The summed E-state index contributed by atoms with van der Waals surface area (Å²) in [5.74, 6) is 2.07. The van der Waals surface area contributed by atoms with Gasteiger partial charge in [-0.15, -0.1) is 11.3 Å². The molecule has 0 saturated carbocycles. The van der Waals surface area contributed by atoms with Gasteiger partial charge >= 0.3 is 0 Å². The topological polar surface area (TPSA) is 48.0 Å². The molecule has 1 aromatic heterocycles. The molecule has 5 nitrogen and oxygen atoms in total. The van der Waals surface area contributed by atoms with Crippen LogP contribution < -0.4 is 14.2 Å². The Bertz CT molecular complexity index is 1080. The quantitative estimate of drug-likeness (QED) is 0.548.